The summed E-state index contributed by atoms with van der Waals surface area (Å²) in [6, 6.07) is 0. The van der Waals surface area contributed by atoms with E-state index < -0.39 is 6.10 Å². The minimum Gasteiger partial charge on any atom is -0.462 e. The van der Waals surface area contributed by atoms with Crippen LogP contribution < -0.4 is 0 Å². The van der Waals surface area contributed by atoms with E-state index in [9.17, 15) is 14.4 Å². The summed E-state index contributed by atoms with van der Waals surface area (Å²) in [7, 11) is 0. The monoisotopic (exact) mass is 935 g/mol. The summed E-state index contributed by atoms with van der Waals surface area (Å²) in [6.07, 6.45) is 70.4. The molecule has 0 saturated heterocycles. The van der Waals surface area contributed by atoms with Crippen LogP contribution in [0.25, 0.3) is 0 Å². The van der Waals surface area contributed by atoms with E-state index in [0.29, 0.717) is 19.3 Å². The number of hydrogen-bond donors (Lipinski definition) is 0. The molecular weight excluding hydrogens is 829 g/mol. The van der Waals surface area contributed by atoms with E-state index in [0.717, 1.165) is 109 Å². The predicted molar refractivity (Wildman–Crippen MR) is 288 cm³/mol. The lowest BCUT2D eigenvalue weighted by Crippen LogP contribution is -2.30. The Morgan fingerprint density at radius 3 is 0.925 bits per heavy atom. The molecule has 67 heavy (non-hydrogen) atoms. The maximum Gasteiger partial charge on any atom is 0.306 e. The van der Waals surface area contributed by atoms with Crippen LogP contribution in [-0.4, -0.2) is 37.2 Å². The number of ether oxygens (including phenoxy) is 3. The van der Waals surface area contributed by atoms with Gasteiger partial charge in [-0.15, -0.1) is 0 Å². The van der Waals surface area contributed by atoms with E-state index >= 15 is 0 Å². The number of carbonyl (C=O) groups is 3. The Morgan fingerprint density at radius 2 is 0.582 bits per heavy atom. The first kappa shape index (κ1) is 63.8. The fraction of sp³-hybridized carbons (Fsp3) is 0.754. The first-order valence-electron chi connectivity index (χ1n) is 28.4. The Balaban J connectivity index is 4.26. The van der Waals surface area contributed by atoms with Crippen LogP contribution in [0, 0.1) is 0 Å². The van der Waals surface area contributed by atoms with Gasteiger partial charge in [-0.05, 0) is 89.9 Å². The van der Waals surface area contributed by atoms with E-state index in [1.165, 1.54) is 128 Å². The largest absolute Gasteiger partial charge is 0.462 e. The van der Waals surface area contributed by atoms with Gasteiger partial charge in [0.1, 0.15) is 13.2 Å². The van der Waals surface area contributed by atoms with Crippen LogP contribution in [0.15, 0.2) is 72.9 Å². The molecule has 6 heteroatoms. The molecule has 0 spiro atoms. The van der Waals surface area contributed by atoms with Gasteiger partial charge in [-0.25, -0.2) is 0 Å². The summed E-state index contributed by atoms with van der Waals surface area (Å²) in [6.45, 7) is 6.51. The zero-order valence-corrected chi connectivity index (χ0v) is 44.2. The number of rotatable bonds is 51. The number of carbonyl (C=O) groups excluding carboxylic acids is 3. The fourth-order valence-electron chi connectivity index (χ4n) is 7.93. The molecular formula is C61H106O6. The maximum atomic E-state index is 12.8. The van der Waals surface area contributed by atoms with Crippen LogP contribution in [0.1, 0.15) is 278 Å². The summed E-state index contributed by atoms with van der Waals surface area (Å²) in [5.41, 5.74) is 0. The molecule has 0 fully saturated rings. The van der Waals surface area contributed by atoms with Crippen molar-refractivity contribution in [1.82, 2.24) is 0 Å². The number of allylic oxidation sites excluding steroid dienone is 12. The highest BCUT2D eigenvalue weighted by Gasteiger charge is 2.19. The zero-order chi connectivity index (χ0) is 48.6. The average molecular weight is 936 g/mol. The molecule has 0 aromatic heterocycles. The van der Waals surface area contributed by atoms with Gasteiger partial charge in [0.2, 0.25) is 0 Å². The standard InChI is InChI=1S/C61H106O6/c1-4-7-10-13-16-19-22-24-26-27-28-29-30-31-32-33-34-35-36-38-39-42-45-48-51-54-60(63)66-57-58(56-65-59(62)53-50-47-44-41-21-18-15-12-9-6-3)67-61(64)55-52-49-46-43-40-37-25-23-20-17-14-11-8-5-2/h7,10,16,19,23-26,28-29,31-32,58H,4-6,8-9,11-15,17-18,20-22,27,30,33-57H2,1-3H3/b10-7-,19-16-,25-23-,26-24-,29-28-,32-31-. The van der Waals surface area contributed by atoms with Crippen LogP contribution >= 0.6 is 0 Å². The van der Waals surface area contributed by atoms with Crippen LogP contribution in [0.3, 0.4) is 0 Å². The Kier molecular flexibility index (Phi) is 52.8. The van der Waals surface area contributed by atoms with Gasteiger partial charge in [-0.1, -0.05) is 241 Å². The van der Waals surface area contributed by atoms with E-state index in [4.69, 9.17) is 14.2 Å². The topological polar surface area (TPSA) is 78.9 Å². The van der Waals surface area contributed by atoms with Gasteiger partial charge in [0.15, 0.2) is 6.10 Å². The molecule has 0 rings (SSSR count). The molecule has 0 aromatic carbocycles. The van der Waals surface area contributed by atoms with Crippen LogP contribution in [0.2, 0.25) is 0 Å². The molecule has 0 amide bonds. The average Bonchev–Trinajstić information content (AvgIpc) is 3.33. The van der Waals surface area contributed by atoms with Crippen LogP contribution in [-0.2, 0) is 28.6 Å². The molecule has 0 N–H and O–H groups in total. The first-order chi connectivity index (χ1) is 33.0. The highest BCUT2D eigenvalue weighted by Crippen LogP contribution is 2.15. The van der Waals surface area contributed by atoms with Gasteiger partial charge in [0.05, 0.1) is 0 Å². The summed E-state index contributed by atoms with van der Waals surface area (Å²) in [5, 5.41) is 0. The molecule has 0 bridgehead atoms. The van der Waals surface area contributed by atoms with E-state index in [2.05, 4.69) is 93.7 Å². The Hall–Kier alpha value is -3.15. The summed E-state index contributed by atoms with van der Waals surface area (Å²) in [5.74, 6) is -0.888. The van der Waals surface area contributed by atoms with Crippen molar-refractivity contribution >= 4 is 17.9 Å². The lowest BCUT2D eigenvalue weighted by Gasteiger charge is -2.18. The predicted octanol–water partition coefficient (Wildman–Crippen LogP) is 19.0. The van der Waals surface area contributed by atoms with Crippen molar-refractivity contribution in [3.05, 3.63) is 72.9 Å². The molecule has 0 saturated carbocycles. The van der Waals surface area contributed by atoms with Gasteiger partial charge in [0, 0.05) is 19.3 Å². The second-order valence-electron chi connectivity index (χ2n) is 18.8. The summed E-state index contributed by atoms with van der Waals surface area (Å²) < 4.78 is 16.8. The molecule has 0 aliphatic heterocycles. The van der Waals surface area contributed by atoms with E-state index in [-0.39, 0.29) is 31.1 Å². The third-order valence-electron chi connectivity index (χ3n) is 12.2. The quantitative estimate of drug-likeness (QED) is 0.0262. The van der Waals surface area contributed by atoms with Crippen molar-refractivity contribution in [2.75, 3.05) is 13.2 Å². The van der Waals surface area contributed by atoms with Crippen LogP contribution in [0.5, 0.6) is 0 Å². The smallest absolute Gasteiger partial charge is 0.306 e. The van der Waals surface area contributed by atoms with E-state index in [1.807, 2.05) is 0 Å². The number of esters is 3. The van der Waals surface area contributed by atoms with Gasteiger partial charge in [0.25, 0.3) is 0 Å². The second kappa shape index (κ2) is 55.4. The van der Waals surface area contributed by atoms with Gasteiger partial charge in [-0.3, -0.25) is 14.4 Å². The molecule has 1 atom stereocenters. The third-order valence-corrected chi connectivity index (χ3v) is 12.2. The number of hydrogen-bond acceptors (Lipinski definition) is 6. The lowest BCUT2D eigenvalue weighted by atomic mass is 10.1. The van der Waals surface area contributed by atoms with Crippen molar-refractivity contribution in [1.29, 1.82) is 0 Å². The zero-order valence-electron chi connectivity index (χ0n) is 44.2. The minimum absolute atomic E-state index is 0.0781. The molecule has 1 unspecified atom stereocenters. The molecule has 386 valence electrons. The molecule has 0 aromatic rings. The third kappa shape index (κ3) is 53.7. The maximum absolute atomic E-state index is 12.8. The summed E-state index contributed by atoms with van der Waals surface area (Å²) in [4.78, 5) is 38.0. The molecule has 0 heterocycles. The van der Waals surface area contributed by atoms with Gasteiger partial charge >= 0.3 is 17.9 Å². The Labute approximate surface area is 414 Å². The Morgan fingerprint density at radius 1 is 0.313 bits per heavy atom. The summed E-state index contributed by atoms with van der Waals surface area (Å²) >= 11 is 0. The molecule has 0 aliphatic carbocycles. The molecule has 0 aliphatic rings. The molecule has 6 nitrogen and oxygen atoms in total. The lowest BCUT2D eigenvalue weighted by molar-refractivity contribution is -0.167. The Bertz CT molecular complexity index is 1260. The van der Waals surface area contributed by atoms with Crippen molar-refractivity contribution in [2.45, 2.75) is 284 Å². The van der Waals surface area contributed by atoms with Gasteiger partial charge in [-0.2, -0.15) is 0 Å². The normalized spacial score (nSPS) is 12.6. The van der Waals surface area contributed by atoms with Crippen molar-refractivity contribution < 1.29 is 28.6 Å². The first-order valence-corrected chi connectivity index (χ1v) is 28.4. The second-order valence-corrected chi connectivity index (χ2v) is 18.8. The highest BCUT2D eigenvalue weighted by molar-refractivity contribution is 5.71. The van der Waals surface area contributed by atoms with Crippen LogP contribution in [0.4, 0.5) is 0 Å². The number of unbranched alkanes of at least 4 members (excludes halogenated alkanes) is 28. The molecule has 0 radical (unpaired) electrons. The SMILES string of the molecule is CC/C=C\C/C=C\C/C=C\C/C=C\C/C=C\CCCCCCCCCCCC(=O)OCC(COC(=O)CCCCCCCCCCCC)OC(=O)CCCCCCC/C=C\CCCCCCC. The van der Waals surface area contributed by atoms with E-state index in [1.54, 1.807) is 0 Å². The van der Waals surface area contributed by atoms with Crippen molar-refractivity contribution in [3.8, 4) is 0 Å². The van der Waals surface area contributed by atoms with Crippen molar-refractivity contribution in [3.63, 3.8) is 0 Å². The fourth-order valence-corrected chi connectivity index (χ4v) is 7.93. The highest BCUT2D eigenvalue weighted by atomic mass is 16.6. The minimum atomic E-state index is -0.779. The van der Waals surface area contributed by atoms with Crippen molar-refractivity contribution in [2.24, 2.45) is 0 Å². The van der Waals surface area contributed by atoms with Gasteiger partial charge < -0.3 is 14.2 Å².